The van der Waals surface area contributed by atoms with Crippen LogP contribution in [0.2, 0.25) is 0 Å². The Bertz CT molecular complexity index is 609. The van der Waals surface area contributed by atoms with Gasteiger partial charge < -0.3 is 10.2 Å². The van der Waals surface area contributed by atoms with Crippen LogP contribution in [0.25, 0.3) is 0 Å². The Morgan fingerprint density at radius 3 is 2.46 bits per heavy atom. The molecule has 0 bridgehead atoms. The fourth-order valence-corrected chi connectivity index (χ4v) is 3.77. The van der Waals surface area contributed by atoms with E-state index in [4.69, 9.17) is 0 Å². The molecule has 1 aromatic carbocycles. The number of hydrogen-bond donors (Lipinski definition) is 1. The maximum absolute atomic E-state index is 12.7. The second kappa shape index (κ2) is 7.94. The summed E-state index contributed by atoms with van der Waals surface area (Å²) in [5, 5.41) is 14.6. The monoisotopic (exact) mass is 353 g/mol. The van der Waals surface area contributed by atoms with Gasteiger partial charge in [-0.25, -0.2) is 0 Å². The number of carbonyl (C=O) groups excluding carboxylic acids is 1. The van der Waals surface area contributed by atoms with Gasteiger partial charge in [0.1, 0.15) is 0 Å². The summed E-state index contributed by atoms with van der Waals surface area (Å²) in [5.74, 6) is 1.23. The van der Waals surface area contributed by atoms with Gasteiger partial charge in [0, 0.05) is 30.3 Å². The largest absolute Gasteiger partial charge is 0.339 e. The molecule has 0 unspecified atom stereocenters. The van der Waals surface area contributed by atoms with Crippen LogP contribution in [-0.4, -0.2) is 41.9 Å². The highest BCUT2D eigenvalue weighted by atomic mass is 35.5. The van der Waals surface area contributed by atoms with Gasteiger partial charge in [-0.3, -0.25) is 14.9 Å². The summed E-state index contributed by atoms with van der Waals surface area (Å²) < 4.78 is 0. The number of likely N-dealkylation sites (tertiary alicyclic amines) is 1. The summed E-state index contributed by atoms with van der Waals surface area (Å²) in [7, 11) is 0. The average molecular weight is 354 g/mol. The van der Waals surface area contributed by atoms with Crippen LogP contribution < -0.4 is 5.32 Å². The van der Waals surface area contributed by atoms with Crippen molar-refractivity contribution in [2.24, 2.45) is 11.8 Å². The number of amides is 1. The van der Waals surface area contributed by atoms with E-state index in [0.29, 0.717) is 29.4 Å². The van der Waals surface area contributed by atoms with Crippen molar-refractivity contribution in [3.63, 3.8) is 0 Å². The molecule has 0 spiro atoms. The molecule has 1 amide bonds. The molecular weight excluding hydrogens is 330 g/mol. The molecule has 0 saturated carbocycles. The Labute approximate surface area is 148 Å². The Morgan fingerprint density at radius 2 is 1.92 bits per heavy atom. The normalized spacial score (nSPS) is 23.1. The first-order valence-corrected chi connectivity index (χ1v) is 8.37. The topological polar surface area (TPSA) is 75.5 Å². The summed E-state index contributed by atoms with van der Waals surface area (Å²) in [5.41, 5.74) is 1.15. The van der Waals surface area contributed by atoms with Crippen LogP contribution in [0.15, 0.2) is 18.2 Å². The number of benzene rings is 1. The van der Waals surface area contributed by atoms with Crippen LogP contribution in [0.4, 0.5) is 5.69 Å². The van der Waals surface area contributed by atoms with Crippen LogP contribution >= 0.6 is 12.4 Å². The highest BCUT2D eigenvalue weighted by molar-refractivity contribution is 5.95. The highest BCUT2D eigenvalue weighted by Gasteiger charge is 2.32. The Hall–Kier alpha value is -1.66. The molecule has 3 rings (SSSR count). The number of nitro groups is 1. The number of fused-ring (bicyclic) bond motifs is 1. The van der Waals surface area contributed by atoms with E-state index in [9.17, 15) is 14.9 Å². The second-order valence-electron chi connectivity index (χ2n) is 6.50. The predicted molar refractivity (Wildman–Crippen MR) is 94.7 cm³/mol. The van der Waals surface area contributed by atoms with Crippen LogP contribution in [0.5, 0.6) is 0 Å². The first kappa shape index (κ1) is 18.7. The number of rotatable bonds is 3. The van der Waals surface area contributed by atoms with E-state index in [-0.39, 0.29) is 24.0 Å². The van der Waals surface area contributed by atoms with Crippen molar-refractivity contribution in [2.75, 3.05) is 26.2 Å². The quantitative estimate of drug-likeness (QED) is 0.669. The third kappa shape index (κ3) is 3.70. The molecule has 0 radical (unpaired) electrons. The van der Waals surface area contributed by atoms with E-state index in [1.807, 2.05) is 11.8 Å². The van der Waals surface area contributed by atoms with Crippen molar-refractivity contribution in [2.45, 2.75) is 26.2 Å². The molecule has 2 heterocycles. The first-order valence-electron chi connectivity index (χ1n) is 8.37. The van der Waals surface area contributed by atoms with Crippen molar-refractivity contribution >= 4 is 24.0 Å². The van der Waals surface area contributed by atoms with Crippen LogP contribution in [0.1, 0.15) is 35.7 Å². The lowest BCUT2D eigenvalue weighted by molar-refractivity contribution is -0.385. The third-order valence-electron chi connectivity index (χ3n) is 5.22. The minimum atomic E-state index is -0.395. The molecule has 2 atom stereocenters. The molecule has 2 saturated heterocycles. The Balaban J connectivity index is 0.00000208. The second-order valence-corrected chi connectivity index (χ2v) is 6.50. The lowest BCUT2D eigenvalue weighted by atomic mass is 9.92. The molecule has 7 heteroatoms. The van der Waals surface area contributed by atoms with Gasteiger partial charge in [0.2, 0.25) is 0 Å². The van der Waals surface area contributed by atoms with Crippen molar-refractivity contribution in [1.29, 1.82) is 0 Å². The third-order valence-corrected chi connectivity index (χ3v) is 5.22. The number of halogens is 1. The molecule has 1 aromatic rings. The lowest BCUT2D eigenvalue weighted by Gasteiger charge is -2.21. The summed E-state index contributed by atoms with van der Waals surface area (Å²) in [6, 6.07) is 4.87. The number of nitrogens with one attached hydrogen (secondary N) is 1. The molecule has 2 aliphatic rings. The van der Waals surface area contributed by atoms with Gasteiger partial charge in [0.15, 0.2) is 0 Å². The average Bonchev–Trinajstić information content (AvgIpc) is 2.92. The van der Waals surface area contributed by atoms with Crippen molar-refractivity contribution < 1.29 is 9.72 Å². The van der Waals surface area contributed by atoms with Gasteiger partial charge >= 0.3 is 0 Å². The van der Waals surface area contributed by atoms with E-state index in [2.05, 4.69) is 5.32 Å². The number of nitrogens with zero attached hydrogens (tertiary/aromatic N) is 2. The van der Waals surface area contributed by atoms with Gasteiger partial charge in [0.25, 0.3) is 11.6 Å². The zero-order chi connectivity index (χ0) is 16.4. The van der Waals surface area contributed by atoms with Crippen LogP contribution in [0.3, 0.4) is 0 Å². The predicted octanol–water partition coefficient (Wildman–Crippen LogP) is 2.65. The zero-order valence-corrected chi connectivity index (χ0v) is 14.7. The lowest BCUT2D eigenvalue weighted by Crippen LogP contribution is -2.32. The molecular formula is C17H24ClN3O3. The Kier molecular flexibility index (Phi) is 6.18. The SMILES string of the molecule is CCc1ccc(C(=O)N2CC[C@@H]3CNC[C@@H]3CC2)cc1[N+](=O)[O-].Cl. The maximum Gasteiger partial charge on any atom is 0.273 e. The summed E-state index contributed by atoms with van der Waals surface area (Å²) >= 11 is 0. The van der Waals surface area contributed by atoms with E-state index in [0.717, 1.165) is 39.0 Å². The Morgan fingerprint density at radius 1 is 1.29 bits per heavy atom. The smallest absolute Gasteiger partial charge is 0.273 e. The molecule has 0 aliphatic carbocycles. The van der Waals surface area contributed by atoms with Crippen LogP contribution in [-0.2, 0) is 6.42 Å². The fourth-order valence-electron chi connectivity index (χ4n) is 3.77. The molecule has 24 heavy (non-hydrogen) atoms. The molecule has 6 nitrogen and oxygen atoms in total. The van der Waals surface area contributed by atoms with E-state index in [1.54, 1.807) is 12.1 Å². The first-order chi connectivity index (χ1) is 11.1. The number of carbonyl (C=O) groups is 1. The van der Waals surface area contributed by atoms with Crippen molar-refractivity contribution in [1.82, 2.24) is 10.2 Å². The zero-order valence-electron chi connectivity index (χ0n) is 13.9. The van der Waals surface area contributed by atoms with Gasteiger partial charge in [0.05, 0.1) is 4.92 Å². The minimum absolute atomic E-state index is 0. The highest BCUT2D eigenvalue weighted by Crippen LogP contribution is 2.28. The van der Waals surface area contributed by atoms with Gasteiger partial charge in [-0.05, 0) is 50.3 Å². The number of aryl methyl sites for hydroxylation is 1. The van der Waals surface area contributed by atoms with Crippen LogP contribution in [0, 0.1) is 22.0 Å². The van der Waals surface area contributed by atoms with Gasteiger partial charge in [-0.2, -0.15) is 0 Å². The molecule has 2 fully saturated rings. The van der Waals surface area contributed by atoms with E-state index < -0.39 is 4.92 Å². The number of nitro benzene ring substituents is 1. The summed E-state index contributed by atoms with van der Waals surface area (Å²) in [4.78, 5) is 25.4. The van der Waals surface area contributed by atoms with E-state index >= 15 is 0 Å². The van der Waals surface area contributed by atoms with Crippen molar-refractivity contribution in [3.05, 3.63) is 39.4 Å². The fraction of sp³-hybridized carbons (Fsp3) is 0.588. The van der Waals surface area contributed by atoms with E-state index in [1.165, 1.54) is 6.07 Å². The maximum atomic E-state index is 12.7. The molecule has 1 N–H and O–H groups in total. The van der Waals surface area contributed by atoms with Crippen molar-refractivity contribution in [3.8, 4) is 0 Å². The molecule has 2 aliphatic heterocycles. The summed E-state index contributed by atoms with van der Waals surface area (Å²) in [6.07, 6.45) is 2.61. The standard InChI is InChI=1S/C17H23N3O3.ClH/c1-2-12-3-4-13(9-16(12)20(22)23)17(21)19-7-5-14-10-18-11-15(14)6-8-19;/h3-4,9,14-15,18H,2,5-8,10-11H2,1H3;1H/t14-,15+;. The summed E-state index contributed by atoms with van der Waals surface area (Å²) in [6.45, 7) is 5.45. The van der Waals surface area contributed by atoms with Gasteiger partial charge in [-0.1, -0.05) is 13.0 Å². The molecule has 0 aromatic heterocycles. The molecule has 132 valence electrons. The van der Waals surface area contributed by atoms with Gasteiger partial charge in [-0.15, -0.1) is 12.4 Å². The number of hydrogen-bond acceptors (Lipinski definition) is 4. The minimum Gasteiger partial charge on any atom is -0.339 e.